The highest BCUT2D eigenvalue weighted by Gasteiger charge is 2.03. The first-order valence-corrected chi connectivity index (χ1v) is 3.86. The minimum absolute atomic E-state index is 0. The van der Waals surface area contributed by atoms with Crippen molar-refractivity contribution in [3.05, 3.63) is 35.4 Å². The van der Waals surface area contributed by atoms with Crippen molar-refractivity contribution in [2.24, 2.45) is 0 Å². The van der Waals surface area contributed by atoms with Crippen LogP contribution in [0.1, 0.15) is 20.7 Å². The van der Waals surface area contributed by atoms with Crippen LogP contribution in [0.4, 0.5) is 0 Å². The molecule has 0 aliphatic rings. The normalized spacial score (nSPS) is 8.77. The van der Waals surface area contributed by atoms with Gasteiger partial charge in [-0.25, -0.2) is 0 Å². The van der Waals surface area contributed by atoms with Crippen LogP contribution in [0.15, 0.2) is 24.3 Å². The van der Waals surface area contributed by atoms with E-state index in [9.17, 15) is 9.59 Å². The van der Waals surface area contributed by atoms with Crippen molar-refractivity contribution in [1.82, 2.24) is 0 Å². The number of carbonyl (C=O) groups is 2. The fourth-order valence-electron chi connectivity index (χ4n) is 0.732. The van der Waals surface area contributed by atoms with Crippen molar-refractivity contribution in [2.45, 2.75) is 0 Å². The van der Waals surface area contributed by atoms with Crippen molar-refractivity contribution in [3.63, 3.8) is 0 Å². The molecule has 1 rings (SSSR count). The van der Waals surface area contributed by atoms with Crippen molar-refractivity contribution in [2.75, 3.05) is 0 Å². The molecular formula is C8H5Cl3O2. The summed E-state index contributed by atoms with van der Waals surface area (Å²) in [6, 6.07) is 5.80. The molecule has 2 nitrogen and oxygen atoms in total. The molecule has 0 bridgehead atoms. The van der Waals surface area contributed by atoms with Crippen LogP contribution in [0.2, 0.25) is 0 Å². The summed E-state index contributed by atoms with van der Waals surface area (Å²) in [6.07, 6.45) is 0. The molecule has 0 heterocycles. The lowest BCUT2D eigenvalue weighted by Gasteiger charge is -1.94. The molecule has 0 fully saturated rings. The van der Waals surface area contributed by atoms with Crippen LogP contribution < -0.4 is 0 Å². The van der Waals surface area contributed by atoms with Gasteiger partial charge in [0.1, 0.15) is 0 Å². The van der Waals surface area contributed by atoms with Gasteiger partial charge in [0.15, 0.2) is 0 Å². The Morgan fingerprint density at radius 3 is 1.23 bits per heavy atom. The van der Waals surface area contributed by atoms with Gasteiger partial charge in [-0.3, -0.25) is 9.59 Å². The molecular weight excluding hydrogens is 234 g/mol. The molecule has 0 spiro atoms. The summed E-state index contributed by atoms with van der Waals surface area (Å²) in [5, 5.41) is -1.10. The van der Waals surface area contributed by atoms with Crippen LogP contribution in [-0.2, 0) is 0 Å². The average Bonchev–Trinajstić information content (AvgIpc) is 2.04. The van der Waals surface area contributed by atoms with Gasteiger partial charge in [-0.1, -0.05) is 0 Å². The highest BCUT2D eigenvalue weighted by atomic mass is 35.5. The molecule has 13 heavy (non-hydrogen) atoms. The predicted octanol–water partition coefficient (Wildman–Crippen LogP) is 2.87. The molecule has 0 aliphatic heterocycles. The fraction of sp³-hybridized carbons (Fsp3) is 0. The van der Waals surface area contributed by atoms with Gasteiger partial charge in [0.05, 0.1) is 0 Å². The molecule has 0 amide bonds. The molecule has 1 aromatic rings. The predicted molar refractivity (Wildman–Crippen MR) is 54.1 cm³/mol. The van der Waals surface area contributed by atoms with Gasteiger partial charge in [0.2, 0.25) is 0 Å². The van der Waals surface area contributed by atoms with Crippen LogP contribution in [0.3, 0.4) is 0 Å². The Bertz CT molecular complexity index is 286. The third-order valence-corrected chi connectivity index (χ3v) is 1.78. The van der Waals surface area contributed by atoms with Crippen LogP contribution in [-0.4, -0.2) is 10.5 Å². The molecule has 0 N–H and O–H groups in total. The maximum Gasteiger partial charge on any atom is 0.252 e. The Balaban J connectivity index is 0.00000144. The summed E-state index contributed by atoms with van der Waals surface area (Å²) < 4.78 is 0. The fourth-order valence-corrected chi connectivity index (χ4v) is 0.984. The van der Waals surface area contributed by atoms with Crippen molar-refractivity contribution in [3.8, 4) is 0 Å². The lowest BCUT2D eigenvalue weighted by atomic mass is 10.2. The topological polar surface area (TPSA) is 34.1 Å². The van der Waals surface area contributed by atoms with E-state index in [4.69, 9.17) is 23.2 Å². The minimum atomic E-state index is -0.552. The smallest absolute Gasteiger partial charge is 0.252 e. The maximum atomic E-state index is 10.6. The lowest BCUT2D eigenvalue weighted by Crippen LogP contribution is -1.92. The first kappa shape index (κ1) is 12.4. The zero-order valence-electron chi connectivity index (χ0n) is 6.29. The third kappa shape index (κ3) is 3.35. The second-order valence-electron chi connectivity index (χ2n) is 2.12. The van der Waals surface area contributed by atoms with E-state index in [1.165, 1.54) is 24.3 Å². The standard InChI is InChI=1S/C8H4Cl2O2.ClH/c9-7(11)5-1-2-6(4-3-5)8(10)12;/h1-4H;1H. The van der Waals surface area contributed by atoms with E-state index in [1.54, 1.807) is 0 Å². The Morgan fingerprint density at radius 1 is 0.846 bits per heavy atom. The van der Waals surface area contributed by atoms with E-state index in [0.717, 1.165) is 0 Å². The summed E-state index contributed by atoms with van der Waals surface area (Å²) >= 11 is 10.4. The SMILES string of the molecule is Cl.O=C(Cl)c1ccc(C(=O)Cl)cc1. The van der Waals surface area contributed by atoms with E-state index < -0.39 is 10.5 Å². The molecule has 0 aliphatic carbocycles. The number of carbonyl (C=O) groups excluding carboxylic acids is 2. The zero-order valence-corrected chi connectivity index (χ0v) is 8.62. The zero-order chi connectivity index (χ0) is 9.14. The van der Waals surface area contributed by atoms with Crippen LogP contribution >= 0.6 is 35.6 Å². The molecule has 0 radical (unpaired) electrons. The number of rotatable bonds is 2. The van der Waals surface area contributed by atoms with Crippen LogP contribution in [0.25, 0.3) is 0 Å². The Labute approximate surface area is 91.2 Å². The molecule has 1 aromatic carbocycles. The van der Waals surface area contributed by atoms with E-state index >= 15 is 0 Å². The molecule has 0 saturated carbocycles. The van der Waals surface area contributed by atoms with Crippen LogP contribution in [0, 0.1) is 0 Å². The third-order valence-electron chi connectivity index (χ3n) is 1.34. The number of hydrogen-bond acceptors (Lipinski definition) is 2. The highest BCUT2D eigenvalue weighted by Crippen LogP contribution is 2.08. The molecule has 0 unspecified atom stereocenters. The first-order valence-electron chi connectivity index (χ1n) is 3.11. The Hall–Kier alpha value is -0.570. The largest absolute Gasteiger partial charge is 0.276 e. The van der Waals surface area contributed by atoms with Crippen molar-refractivity contribution in [1.29, 1.82) is 0 Å². The quantitative estimate of drug-likeness (QED) is 0.744. The van der Waals surface area contributed by atoms with Gasteiger partial charge >= 0.3 is 0 Å². The second kappa shape index (κ2) is 5.22. The Morgan fingerprint density at radius 2 is 1.08 bits per heavy atom. The summed E-state index contributed by atoms with van der Waals surface area (Å²) in [5.74, 6) is 0. The molecule has 5 heteroatoms. The second-order valence-corrected chi connectivity index (χ2v) is 2.81. The monoisotopic (exact) mass is 238 g/mol. The van der Waals surface area contributed by atoms with E-state index in [-0.39, 0.29) is 12.4 Å². The summed E-state index contributed by atoms with van der Waals surface area (Å²) in [7, 11) is 0. The van der Waals surface area contributed by atoms with Crippen molar-refractivity contribution < 1.29 is 9.59 Å². The lowest BCUT2D eigenvalue weighted by molar-refractivity contribution is 0.107. The molecule has 0 saturated heterocycles. The summed E-state index contributed by atoms with van der Waals surface area (Å²) in [5.41, 5.74) is 0.691. The number of halogens is 3. The maximum absolute atomic E-state index is 10.6. The Kier molecular flexibility index (Phi) is 4.99. The van der Waals surface area contributed by atoms with Gasteiger partial charge in [-0.05, 0) is 47.5 Å². The molecule has 0 aromatic heterocycles. The van der Waals surface area contributed by atoms with Gasteiger partial charge in [-0.15, -0.1) is 12.4 Å². The summed E-state index contributed by atoms with van der Waals surface area (Å²) in [4.78, 5) is 21.1. The van der Waals surface area contributed by atoms with Gasteiger partial charge in [-0.2, -0.15) is 0 Å². The molecule has 0 atom stereocenters. The van der Waals surface area contributed by atoms with Gasteiger partial charge in [0.25, 0.3) is 10.5 Å². The minimum Gasteiger partial charge on any atom is -0.276 e. The van der Waals surface area contributed by atoms with Crippen molar-refractivity contribution >= 4 is 46.1 Å². The van der Waals surface area contributed by atoms with E-state index in [0.29, 0.717) is 11.1 Å². The van der Waals surface area contributed by atoms with E-state index in [2.05, 4.69) is 0 Å². The first-order chi connectivity index (χ1) is 5.61. The van der Waals surface area contributed by atoms with E-state index in [1.807, 2.05) is 0 Å². The summed E-state index contributed by atoms with van der Waals surface area (Å²) in [6.45, 7) is 0. The number of benzene rings is 1. The average molecular weight is 239 g/mol. The number of hydrogen-bond donors (Lipinski definition) is 0. The molecule has 70 valence electrons. The van der Waals surface area contributed by atoms with Gasteiger partial charge in [0, 0.05) is 11.1 Å². The van der Waals surface area contributed by atoms with Gasteiger partial charge < -0.3 is 0 Å². The highest BCUT2D eigenvalue weighted by molar-refractivity contribution is 6.68. The van der Waals surface area contributed by atoms with Crippen LogP contribution in [0.5, 0.6) is 0 Å².